The number of rotatable bonds is 2. The summed E-state index contributed by atoms with van der Waals surface area (Å²) in [6.45, 7) is 2.54. The first kappa shape index (κ1) is 16.6. The van der Waals surface area contributed by atoms with Crippen molar-refractivity contribution >= 4 is 7.82 Å². The smallest absolute Gasteiger partial charge is 0.303 e. The zero-order valence-electron chi connectivity index (χ0n) is 14.2. The molecule has 0 spiro atoms. The fourth-order valence-electron chi connectivity index (χ4n) is 7.09. The zero-order chi connectivity index (χ0) is 16.2. The maximum atomic E-state index is 11.1. The maximum absolute atomic E-state index is 11.1. The summed E-state index contributed by atoms with van der Waals surface area (Å²) in [5.41, 5.74) is 0.620. The Balaban J connectivity index is 1.45. The van der Waals surface area contributed by atoms with Crippen LogP contribution in [0.3, 0.4) is 0 Å². The lowest BCUT2D eigenvalue weighted by Crippen LogP contribution is -2.47. The van der Waals surface area contributed by atoms with Crippen LogP contribution in [0.15, 0.2) is 0 Å². The van der Waals surface area contributed by atoms with Crippen molar-refractivity contribution in [3.63, 3.8) is 0 Å². The molecule has 2 N–H and O–H groups in total. The molecule has 2 unspecified atom stereocenters. The highest BCUT2D eigenvalue weighted by Crippen LogP contribution is 2.62. The van der Waals surface area contributed by atoms with Crippen LogP contribution in [-0.2, 0) is 9.09 Å². The van der Waals surface area contributed by atoms with Gasteiger partial charge in [0.2, 0.25) is 0 Å². The van der Waals surface area contributed by atoms with Crippen LogP contribution < -0.4 is 0 Å². The second-order valence-corrected chi connectivity index (χ2v) is 10.2. The van der Waals surface area contributed by atoms with Crippen molar-refractivity contribution in [1.82, 2.24) is 0 Å². The fourth-order valence-corrected chi connectivity index (χ4v) is 7.67. The van der Waals surface area contributed by atoms with Crippen LogP contribution >= 0.6 is 7.82 Å². The van der Waals surface area contributed by atoms with Gasteiger partial charge in [-0.1, -0.05) is 13.3 Å². The minimum atomic E-state index is -4.33. The number of fused-ring (bicyclic) bond motifs is 5. The number of hydrogen-bond donors (Lipinski definition) is 2. The van der Waals surface area contributed by atoms with Gasteiger partial charge in [-0.3, -0.25) is 4.52 Å². The Morgan fingerprint density at radius 2 is 1.74 bits per heavy atom. The van der Waals surface area contributed by atoms with E-state index < -0.39 is 7.82 Å². The summed E-state index contributed by atoms with van der Waals surface area (Å²) in [4.78, 5) is 18.1. The third-order valence-corrected chi connectivity index (χ3v) is 8.55. The van der Waals surface area contributed by atoms with Crippen LogP contribution in [0, 0.1) is 35.0 Å². The third-order valence-electron chi connectivity index (χ3n) is 7.97. The van der Waals surface area contributed by atoms with E-state index in [4.69, 9.17) is 14.3 Å². The summed E-state index contributed by atoms with van der Waals surface area (Å²) < 4.78 is 16.1. The zero-order valence-corrected chi connectivity index (χ0v) is 15.1. The van der Waals surface area contributed by atoms with E-state index in [9.17, 15) is 4.57 Å². The highest BCUT2D eigenvalue weighted by atomic mass is 31.2. The lowest BCUT2D eigenvalue weighted by molar-refractivity contribution is -0.0667. The van der Waals surface area contributed by atoms with Crippen LogP contribution in [0.1, 0.15) is 71.1 Å². The second kappa shape index (κ2) is 5.83. The monoisotopic (exact) mass is 342 g/mol. The molecule has 132 valence electrons. The Morgan fingerprint density at radius 3 is 2.52 bits per heavy atom. The molecule has 0 radical (unpaired) electrons. The Hall–Kier alpha value is 0.110. The molecule has 0 saturated heterocycles. The van der Waals surface area contributed by atoms with Crippen molar-refractivity contribution in [2.75, 3.05) is 0 Å². The van der Waals surface area contributed by atoms with Crippen molar-refractivity contribution in [3.05, 3.63) is 0 Å². The van der Waals surface area contributed by atoms with E-state index in [1.54, 1.807) is 0 Å². The van der Waals surface area contributed by atoms with Crippen molar-refractivity contribution in [1.29, 1.82) is 0 Å². The first-order valence-electron chi connectivity index (χ1n) is 9.60. The summed E-state index contributed by atoms with van der Waals surface area (Å²) in [6, 6.07) is 0. The van der Waals surface area contributed by atoms with Gasteiger partial charge in [0, 0.05) is 0 Å². The van der Waals surface area contributed by atoms with Crippen LogP contribution in [0.2, 0.25) is 0 Å². The molecule has 4 aliphatic carbocycles. The third kappa shape index (κ3) is 3.05. The number of hydrogen-bond acceptors (Lipinski definition) is 2. The van der Waals surface area contributed by atoms with Gasteiger partial charge in [-0.25, -0.2) is 4.57 Å². The van der Waals surface area contributed by atoms with Crippen molar-refractivity contribution in [2.24, 2.45) is 35.0 Å². The molecule has 0 amide bonds. The number of phosphoric acid groups is 1. The van der Waals surface area contributed by atoms with Gasteiger partial charge in [0.25, 0.3) is 0 Å². The molecule has 0 aromatic heterocycles. The Bertz CT molecular complexity index is 503. The normalized spacial score (nSPS) is 50.0. The highest BCUT2D eigenvalue weighted by Gasteiger charge is 2.53. The quantitative estimate of drug-likeness (QED) is 0.725. The van der Waals surface area contributed by atoms with Crippen molar-refractivity contribution < 1.29 is 18.9 Å². The SMILES string of the molecule is C[C@@]12CCC[C@H]1[C@@H]1CCC3CC(OP(=O)(O)O)CC[C@@H]3[C@H]1CC2. The maximum Gasteiger partial charge on any atom is 0.469 e. The first-order valence-corrected chi connectivity index (χ1v) is 11.1. The van der Waals surface area contributed by atoms with E-state index >= 15 is 0 Å². The van der Waals surface area contributed by atoms with E-state index in [1.165, 1.54) is 44.9 Å². The minimum absolute atomic E-state index is 0.228. The van der Waals surface area contributed by atoms with E-state index in [-0.39, 0.29) is 6.10 Å². The predicted octanol–water partition coefficient (Wildman–Crippen LogP) is 4.51. The molecule has 23 heavy (non-hydrogen) atoms. The Morgan fingerprint density at radius 1 is 0.957 bits per heavy atom. The average molecular weight is 342 g/mol. The molecule has 5 heteroatoms. The molecule has 4 fully saturated rings. The van der Waals surface area contributed by atoms with Crippen LogP contribution in [0.25, 0.3) is 0 Å². The molecule has 0 heterocycles. The summed E-state index contributed by atoms with van der Waals surface area (Å²) in [5.74, 6) is 4.17. The van der Waals surface area contributed by atoms with Gasteiger partial charge in [-0.15, -0.1) is 0 Å². The Labute approximate surface area is 139 Å². The molecule has 7 atom stereocenters. The summed E-state index contributed by atoms with van der Waals surface area (Å²) in [5, 5.41) is 0. The lowest BCUT2D eigenvalue weighted by atomic mass is 9.50. The van der Waals surface area contributed by atoms with Gasteiger partial charge in [-0.05, 0) is 92.8 Å². The van der Waals surface area contributed by atoms with E-state index in [1.807, 2.05) is 0 Å². The van der Waals surface area contributed by atoms with Crippen molar-refractivity contribution in [3.8, 4) is 0 Å². The predicted molar refractivity (Wildman–Crippen MR) is 88.6 cm³/mol. The van der Waals surface area contributed by atoms with Gasteiger partial charge in [0.1, 0.15) is 0 Å². The van der Waals surface area contributed by atoms with Crippen LogP contribution in [-0.4, -0.2) is 15.9 Å². The molecule has 4 saturated carbocycles. The molecule has 4 nitrogen and oxygen atoms in total. The van der Waals surface area contributed by atoms with E-state index in [2.05, 4.69) is 6.92 Å². The van der Waals surface area contributed by atoms with Gasteiger partial charge in [0.05, 0.1) is 6.10 Å². The minimum Gasteiger partial charge on any atom is -0.303 e. The molecule has 0 bridgehead atoms. The average Bonchev–Trinajstić information content (AvgIpc) is 2.86. The summed E-state index contributed by atoms with van der Waals surface area (Å²) in [7, 11) is -4.33. The lowest BCUT2D eigenvalue weighted by Gasteiger charge is -2.55. The molecule has 4 rings (SSSR count). The first-order chi connectivity index (χ1) is 10.9. The Kier molecular flexibility index (Phi) is 4.20. The summed E-state index contributed by atoms with van der Waals surface area (Å²) >= 11 is 0. The van der Waals surface area contributed by atoms with Gasteiger partial charge >= 0.3 is 7.82 Å². The molecule has 0 aliphatic heterocycles. The van der Waals surface area contributed by atoms with Crippen LogP contribution in [0.5, 0.6) is 0 Å². The number of phosphoric ester groups is 1. The largest absolute Gasteiger partial charge is 0.469 e. The highest BCUT2D eigenvalue weighted by molar-refractivity contribution is 7.46. The molecular formula is C18H31O4P. The standard InChI is InChI=1S/C18H31O4P/c1-18-9-2-3-17(18)16-6-4-12-11-13(22-23(19,20)21)5-7-14(12)15(16)8-10-18/h12-17H,2-11H2,1H3,(H2,19,20,21)/t12?,13?,14-,15+,16+,17-,18-/m0/s1. The fraction of sp³-hybridized carbons (Fsp3) is 1.00. The van der Waals surface area contributed by atoms with E-state index in [0.29, 0.717) is 11.3 Å². The van der Waals surface area contributed by atoms with Gasteiger partial charge in [-0.2, -0.15) is 0 Å². The van der Waals surface area contributed by atoms with Crippen LogP contribution in [0.4, 0.5) is 0 Å². The van der Waals surface area contributed by atoms with Crippen molar-refractivity contribution in [2.45, 2.75) is 77.2 Å². The summed E-state index contributed by atoms with van der Waals surface area (Å²) in [6.07, 6.45) is 12.3. The van der Waals surface area contributed by atoms with E-state index in [0.717, 1.165) is 42.9 Å². The molecule has 4 aliphatic rings. The van der Waals surface area contributed by atoms with Gasteiger partial charge in [0.15, 0.2) is 0 Å². The topological polar surface area (TPSA) is 66.8 Å². The molecule has 0 aromatic carbocycles. The van der Waals surface area contributed by atoms with Gasteiger partial charge < -0.3 is 9.79 Å². The molecule has 0 aromatic rings. The molecular weight excluding hydrogens is 311 g/mol. The second-order valence-electron chi connectivity index (χ2n) is 9.05.